The maximum atomic E-state index is 12.9. The van der Waals surface area contributed by atoms with Gasteiger partial charge in [0.1, 0.15) is 6.04 Å². The molecule has 28 heavy (non-hydrogen) atoms. The van der Waals surface area contributed by atoms with E-state index >= 15 is 0 Å². The second kappa shape index (κ2) is 9.24. The Kier molecular flexibility index (Phi) is 7.24. The number of aromatic nitrogens is 1. The lowest BCUT2D eigenvalue weighted by Gasteiger charge is -2.29. The van der Waals surface area contributed by atoms with Crippen molar-refractivity contribution < 1.29 is 9.59 Å². The van der Waals surface area contributed by atoms with E-state index in [0.29, 0.717) is 13.0 Å². The van der Waals surface area contributed by atoms with Gasteiger partial charge in [-0.05, 0) is 31.1 Å². The number of carbonyl (C=O) groups excluding carboxylic acids is 2. The molecule has 2 aromatic rings. The zero-order chi connectivity index (χ0) is 20.9. The van der Waals surface area contributed by atoms with Gasteiger partial charge in [-0.3, -0.25) is 9.59 Å². The third-order valence-electron chi connectivity index (χ3n) is 4.74. The normalized spacial score (nSPS) is 13.1. The van der Waals surface area contributed by atoms with Gasteiger partial charge in [-0.25, -0.2) is 0 Å². The number of hydrogen-bond acceptors (Lipinski definition) is 3. The second-order valence-electron chi connectivity index (χ2n) is 8.90. The molecule has 1 aromatic carbocycles. The third kappa shape index (κ3) is 6.09. The molecule has 2 amide bonds. The van der Waals surface area contributed by atoms with E-state index in [-0.39, 0.29) is 23.1 Å². The third-order valence-corrected chi connectivity index (χ3v) is 4.74. The summed E-state index contributed by atoms with van der Waals surface area (Å²) in [5.74, 6) is -0.442. The van der Waals surface area contributed by atoms with Crippen LogP contribution < -0.4 is 10.6 Å². The Morgan fingerprint density at radius 2 is 1.82 bits per heavy atom. The number of amides is 2. The first kappa shape index (κ1) is 22.0. The fraction of sp³-hybridized carbons (Fsp3) is 0.545. The van der Waals surface area contributed by atoms with Crippen LogP contribution in [0.4, 0.5) is 0 Å². The minimum absolute atomic E-state index is 0.0629. The lowest BCUT2D eigenvalue weighted by molar-refractivity contribution is -0.130. The van der Waals surface area contributed by atoms with Gasteiger partial charge < -0.3 is 20.5 Å². The van der Waals surface area contributed by atoms with Crippen LogP contribution in [0.15, 0.2) is 30.5 Å². The van der Waals surface area contributed by atoms with Crippen LogP contribution in [0.3, 0.4) is 0 Å². The molecular formula is C22H34N4O2. The summed E-state index contributed by atoms with van der Waals surface area (Å²) in [7, 11) is 4.04. The SMILES string of the molecule is CC(C)C(=O)NC(Cc1c[nH]c2ccccc12)C(=O)NCC(C)(C)CN(C)C. The van der Waals surface area contributed by atoms with E-state index in [1.54, 1.807) is 0 Å². The molecule has 0 spiro atoms. The topological polar surface area (TPSA) is 77.2 Å². The first-order valence-corrected chi connectivity index (χ1v) is 9.87. The largest absolute Gasteiger partial charge is 0.361 e. The van der Waals surface area contributed by atoms with Crippen molar-refractivity contribution in [3.05, 3.63) is 36.0 Å². The van der Waals surface area contributed by atoms with E-state index in [1.807, 2.05) is 58.4 Å². The molecule has 0 bridgehead atoms. The predicted molar refractivity (Wildman–Crippen MR) is 114 cm³/mol. The first-order chi connectivity index (χ1) is 13.1. The summed E-state index contributed by atoms with van der Waals surface area (Å²) in [5, 5.41) is 7.04. The van der Waals surface area contributed by atoms with Crippen molar-refractivity contribution in [2.45, 2.75) is 40.2 Å². The summed E-state index contributed by atoms with van der Waals surface area (Å²) in [6.07, 6.45) is 2.37. The zero-order valence-electron chi connectivity index (χ0n) is 17.9. The lowest BCUT2D eigenvalue weighted by atomic mass is 9.92. The number of rotatable bonds is 9. The minimum Gasteiger partial charge on any atom is -0.361 e. The summed E-state index contributed by atoms with van der Waals surface area (Å²) in [6, 6.07) is 7.38. The first-order valence-electron chi connectivity index (χ1n) is 9.87. The van der Waals surface area contributed by atoms with Gasteiger partial charge in [0.15, 0.2) is 0 Å². The van der Waals surface area contributed by atoms with Crippen LogP contribution in [0, 0.1) is 11.3 Å². The van der Waals surface area contributed by atoms with Crippen LogP contribution in [-0.4, -0.2) is 54.9 Å². The van der Waals surface area contributed by atoms with Gasteiger partial charge in [-0.15, -0.1) is 0 Å². The van der Waals surface area contributed by atoms with Crippen molar-refractivity contribution in [1.29, 1.82) is 0 Å². The summed E-state index contributed by atoms with van der Waals surface area (Å²) in [6.45, 7) is 9.31. The van der Waals surface area contributed by atoms with Crippen molar-refractivity contribution in [1.82, 2.24) is 20.5 Å². The van der Waals surface area contributed by atoms with Crippen molar-refractivity contribution in [3.63, 3.8) is 0 Å². The fourth-order valence-corrected chi connectivity index (χ4v) is 3.43. The Morgan fingerprint density at radius 1 is 1.14 bits per heavy atom. The average Bonchev–Trinajstić information content (AvgIpc) is 3.01. The second-order valence-corrected chi connectivity index (χ2v) is 8.90. The molecule has 0 saturated carbocycles. The van der Waals surface area contributed by atoms with Crippen LogP contribution in [-0.2, 0) is 16.0 Å². The zero-order valence-corrected chi connectivity index (χ0v) is 17.9. The molecule has 1 heterocycles. The van der Waals surface area contributed by atoms with Crippen molar-refractivity contribution in [3.8, 4) is 0 Å². The molecule has 6 nitrogen and oxygen atoms in total. The standard InChI is InChI=1S/C22H34N4O2/c1-15(2)20(27)25-19(21(28)24-13-22(3,4)14-26(5)6)11-16-12-23-18-10-8-7-9-17(16)18/h7-10,12,15,19,23H,11,13-14H2,1-6H3,(H,24,28)(H,25,27). The molecule has 0 fully saturated rings. The van der Waals surface area contributed by atoms with E-state index in [4.69, 9.17) is 0 Å². The number of hydrogen-bond donors (Lipinski definition) is 3. The van der Waals surface area contributed by atoms with Crippen molar-refractivity contribution in [2.24, 2.45) is 11.3 Å². The van der Waals surface area contributed by atoms with Crippen LogP contribution >= 0.6 is 0 Å². The van der Waals surface area contributed by atoms with Crippen LogP contribution in [0.25, 0.3) is 10.9 Å². The smallest absolute Gasteiger partial charge is 0.242 e. The molecule has 154 valence electrons. The summed E-state index contributed by atoms with van der Waals surface area (Å²) >= 11 is 0. The molecule has 6 heteroatoms. The number of para-hydroxylation sites is 1. The van der Waals surface area contributed by atoms with Crippen molar-refractivity contribution in [2.75, 3.05) is 27.2 Å². The quantitative estimate of drug-likeness (QED) is 0.620. The number of benzene rings is 1. The molecule has 1 atom stereocenters. The highest BCUT2D eigenvalue weighted by atomic mass is 16.2. The maximum Gasteiger partial charge on any atom is 0.242 e. The highest BCUT2D eigenvalue weighted by Gasteiger charge is 2.26. The van der Waals surface area contributed by atoms with Gasteiger partial charge in [0.05, 0.1) is 0 Å². The number of H-pyrrole nitrogens is 1. The van der Waals surface area contributed by atoms with E-state index in [1.165, 1.54) is 0 Å². The van der Waals surface area contributed by atoms with E-state index in [0.717, 1.165) is 23.0 Å². The molecule has 1 unspecified atom stereocenters. The molecule has 0 aliphatic carbocycles. The Balaban J connectivity index is 2.14. The van der Waals surface area contributed by atoms with Gasteiger partial charge in [-0.1, -0.05) is 45.9 Å². The highest BCUT2D eigenvalue weighted by molar-refractivity contribution is 5.90. The maximum absolute atomic E-state index is 12.9. The average molecular weight is 387 g/mol. The predicted octanol–water partition coefficient (Wildman–Crippen LogP) is 2.56. The van der Waals surface area contributed by atoms with E-state index in [2.05, 4.69) is 34.4 Å². The minimum atomic E-state index is -0.607. The Labute approximate surface area is 168 Å². The number of nitrogens with one attached hydrogen (secondary N) is 3. The molecule has 0 radical (unpaired) electrons. The van der Waals surface area contributed by atoms with Gasteiger partial charge in [0.25, 0.3) is 0 Å². The van der Waals surface area contributed by atoms with Crippen LogP contribution in [0.5, 0.6) is 0 Å². The summed E-state index contributed by atoms with van der Waals surface area (Å²) < 4.78 is 0. The number of carbonyl (C=O) groups is 2. The Bertz CT molecular complexity index is 808. The van der Waals surface area contributed by atoms with Gasteiger partial charge in [0.2, 0.25) is 11.8 Å². The van der Waals surface area contributed by atoms with Gasteiger partial charge >= 0.3 is 0 Å². The van der Waals surface area contributed by atoms with E-state index < -0.39 is 6.04 Å². The Hall–Kier alpha value is -2.34. The fourth-order valence-electron chi connectivity index (χ4n) is 3.43. The molecule has 0 aliphatic heterocycles. The molecular weight excluding hydrogens is 352 g/mol. The molecule has 0 aliphatic rings. The summed E-state index contributed by atoms with van der Waals surface area (Å²) in [4.78, 5) is 30.6. The van der Waals surface area contributed by atoms with Gasteiger partial charge in [0, 0.05) is 42.5 Å². The highest BCUT2D eigenvalue weighted by Crippen LogP contribution is 2.20. The van der Waals surface area contributed by atoms with Crippen molar-refractivity contribution >= 4 is 22.7 Å². The van der Waals surface area contributed by atoms with E-state index in [9.17, 15) is 9.59 Å². The number of nitrogens with zero attached hydrogens (tertiary/aromatic N) is 1. The number of aromatic amines is 1. The monoisotopic (exact) mass is 386 g/mol. The number of fused-ring (bicyclic) bond motifs is 1. The summed E-state index contributed by atoms with van der Waals surface area (Å²) in [5.41, 5.74) is 1.98. The molecule has 1 aromatic heterocycles. The van der Waals surface area contributed by atoms with Crippen LogP contribution in [0.2, 0.25) is 0 Å². The Morgan fingerprint density at radius 3 is 2.46 bits per heavy atom. The van der Waals surface area contributed by atoms with Gasteiger partial charge in [-0.2, -0.15) is 0 Å². The molecule has 0 saturated heterocycles. The lowest BCUT2D eigenvalue weighted by Crippen LogP contribution is -2.51. The molecule has 3 N–H and O–H groups in total. The van der Waals surface area contributed by atoms with Crippen LogP contribution in [0.1, 0.15) is 33.3 Å². The molecule has 2 rings (SSSR count).